The van der Waals surface area contributed by atoms with Crippen molar-refractivity contribution in [3.63, 3.8) is 0 Å². The number of amides is 2. The quantitative estimate of drug-likeness (QED) is 0.657. The van der Waals surface area contributed by atoms with Gasteiger partial charge in [0, 0.05) is 43.3 Å². The molecule has 1 aromatic heterocycles. The highest BCUT2D eigenvalue weighted by molar-refractivity contribution is 7.89. The summed E-state index contributed by atoms with van der Waals surface area (Å²) in [4.78, 5) is 27.3. The SMILES string of the molecule is CCN(CC)C(=O)c1cccc(NC(=O)C2CCN(S(=O)(=O)c3c(C)n[nH]c3C)CC2)c1. The van der Waals surface area contributed by atoms with Crippen molar-refractivity contribution in [2.45, 2.75) is 45.4 Å². The van der Waals surface area contributed by atoms with Crippen molar-refractivity contribution < 1.29 is 18.0 Å². The number of nitrogens with one attached hydrogen (secondary N) is 2. The Labute approximate surface area is 189 Å². The van der Waals surface area contributed by atoms with Crippen LogP contribution in [0.5, 0.6) is 0 Å². The molecule has 2 aromatic rings. The number of sulfonamides is 1. The fourth-order valence-electron chi connectivity index (χ4n) is 4.08. The predicted molar refractivity (Wildman–Crippen MR) is 122 cm³/mol. The maximum absolute atomic E-state index is 13.0. The van der Waals surface area contributed by atoms with Crippen LogP contribution >= 0.6 is 0 Å². The molecule has 1 saturated heterocycles. The standard InChI is InChI=1S/C22H31N5O4S/c1-5-26(6-2)22(29)18-8-7-9-19(14-18)23-21(28)17-10-12-27(13-11-17)32(30,31)20-15(3)24-25-16(20)4/h7-9,14,17H,5-6,10-13H2,1-4H3,(H,23,28)(H,24,25). The maximum Gasteiger partial charge on any atom is 0.253 e. The van der Waals surface area contributed by atoms with Gasteiger partial charge >= 0.3 is 0 Å². The highest BCUT2D eigenvalue weighted by atomic mass is 32.2. The molecule has 0 aliphatic carbocycles. The summed E-state index contributed by atoms with van der Waals surface area (Å²) in [6.45, 7) is 8.97. The summed E-state index contributed by atoms with van der Waals surface area (Å²) in [6, 6.07) is 6.92. The first kappa shape index (κ1) is 23.9. The van der Waals surface area contributed by atoms with E-state index in [0.717, 1.165) is 0 Å². The van der Waals surface area contributed by atoms with Crippen molar-refractivity contribution in [3.05, 3.63) is 41.2 Å². The first-order valence-electron chi connectivity index (χ1n) is 10.9. The van der Waals surface area contributed by atoms with Crippen molar-refractivity contribution in [2.75, 3.05) is 31.5 Å². The Hall–Kier alpha value is -2.72. The Balaban J connectivity index is 1.63. The van der Waals surface area contributed by atoms with Crippen LogP contribution < -0.4 is 5.32 Å². The van der Waals surface area contributed by atoms with E-state index in [1.165, 1.54) is 4.31 Å². The molecule has 3 rings (SSSR count). The van der Waals surface area contributed by atoms with Gasteiger partial charge in [-0.1, -0.05) is 6.07 Å². The van der Waals surface area contributed by atoms with Crippen molar-refractivity contribution in [1.29, 1.82) is 0 Å². The number of aryl methyl sites for hydroxylation is 2. The van der Waals surface area contributed by atoms with E-state index >= 15 is 0 Å². The molecule has 10 heteroatoms. The molecule has 0 spiro atoms. The van der Waals surface area contributed by atoms with Gasteiger partial charge in [-0.25, -0.2) is 8.42 Å². The van der Waals surface area contributed by atoms with Crippen LogP contribution in [0.2, 0.25) is 0 Å². The van der Waals surface area contributed by atoms with E-state index in [-0.39, 0.29) is 35.7 Å². The van der Waals surface area contributed by atoms with Crippen molar-refractivity contribution >= 4 is 27.5 Å². The summed E-state index contributed by atoms with van der Waals surface area (Å²) in [5.74, 6) is -0.533. The third-order valence-corrected chi connectivity index (χ3v) is 8.07. The Kier molecular flexibility index (Phi) is 7.35. The molecule has 1 fully saturated rings. The number of rotatable bonds is 7. The molecule has 174 valence electrons. The number of anilines is 1. The van der Waals surface area contributed by atoms with Gasteiger partial charge in [-0.2, -0.15) is 9.40 Å². The van der Waals surface area contributed by atoms with Crippen LogP contribution in [0.4, 0.5) is 5.69 Å². The first-order valence-corrected chi connectivity index (χ1v) is 12.3. The fraction of sp³-hybridized carbons (Fsp3) is 0.500. The average Bonchev–Trinajstić information content (AvgIpc) is 3.13. The molecule has 0 atom stereocenters. The van der Waals surface area contributed by atoms with Gasteiger partial charge in [0.25, 0.3) is 5.91 Å². The lowest BCUT2D eigenvalue weighted by Gasteiger charge is -2.30. The van der Waals surface area contributed by atoms with Gasteiger partial charge in [0.05, 0.1) is 11.4 Å². The highest BCUT2D eigenvalue weighted by Crippen LogP contribution is 2.27. The first-order chi connectivity index (χ1) is 15.2. The zero-order valence-electron chi connectivity index (χ0n) is 19.0. The van der Waals surface area contributed by atoms with Crippen LogP contribution in [0.25, 0.3) is 0 Å². The van der Waals surface area contributed by atoms with Gasteiger partial charge < -0.3 is 10.2 Å². The molecule has 0 radical (unpaired) electrons. The Morgan fingerprint density at radius 2 is 1.84 bits per heavy atom. The Bertz CT molecular complexity index is 1060. The number of piperidine rings is 1. The molecule has 1 aromatic carbocycles. The summed E-state index contributed by atoms with van der Waals surface area (Å²) < 4.78 is 27.4. The minimum atomic E-state index is -3.65. The van der Waals surface area contributed by atoms with E-state index in [2.05, 4.69) is 15.5 Å². The second kappa shape index (κ2) is 9.83. The predicted octanol–water partition coefficient (Wildman–Crippen LogP) is 2.55. The van der Waals surface area contributed by atoms with Crippen LogP contribution in [0.3, 0.4) is 0 Å². The lowest BCUT2D eigenvalue weighted by atomic mass is 9.97. The third-order valence-electron chi connectivity index (χ3n) is 5.91. The molecule has 0 saturated carbocycles. The second-order valence-electron chi connectivity index (χ2n) is 7.99. The molecule has 0 bridgehead atoms. The van der Waals surface area contributed by atoms with Crippen LogP contribution in [0, 0.1) is 19.8 Å². The summed E-state index contributed by atoms with van der Waals surface area (Å²) in [5, 5.41) is 9.59. The number of nitrogens with zero attached hydrogens (tertiary/aromatic N) is 3. The molecule has 1 aliphatic rings. The molecule has 2 N–H and O–H groups in total. The van der Waals surface area contributed by atoms with Crippen LogP contribution in [-0.2, 0) is 14.8 Å². The summed E-state index contributed by atoms with van der Waals surface area (Å²) in [7, 11) is -3.65. The lowest BCUT2D eigenvalue weighted by molar-refractivity contribution is -0.120. The van der Waals surface area contributed by atoms with Crippen molar-refractivity contribution in [2.24, 2.45) is 5.92 Å². The van der Waals surface area contributed by atoms with Gasteiger partial charge in [-0.05, 0) is 58.7 Å². The number of aromatic amines is 1. The highest BCUT2D eigenvalue weighted by Gasteiger charge is 2.34. The number of hydrogen-bond donors (Lipinski definition) is 2. The molecule has 9 nitrogen and oxygen atoms in total. The third kappa shape index (κ3) is 4.86. The zero-order valence-corrected chi connectivity index (χ0v) is 19.8. The molecule has 2 heterocycles. The van der Waals surface area contributed by atoms with E-state index in [1.807, 2.05) is 13.8 Å². The number of H-pyrrole nitrogens is 1. The number of hydrogen-bond acceptors (Lipinski definition) is 5. The van der Waals surface area contributed by atoms with Crippen LogP contribution in [0.15, 0.2) is 29.2 Å². The molecule has 0 unspecified atom stereocenters. The zero-order chi connectivity index (χ0) is 23.5. The maximum atomic E-state index is 13.0. The number of carbonyl (C=O) groups is 2. The minimum absolute atomic E-state index is 0.0746. The van der Waals surface area contributed by atoms with Gasteiger partial charge in [0.1, 0.15) is 4.90 Å². The number of benzene rings is 1. The second-order valence-corrected chi connectivity index (χ2v) is 9.86. The van der Waals surface area contributed by atoms with Gasteiger partial charge in [-0.3, -0.25) is 14.7 Å². The molecular weight excluding hydrogens is 430 g/mol. The molecular formula is C22H31N5O4S. The molecule has 32 heavy (non-hydrogen) atoms. The van der Waals surface area contributed by atoms with Gasteiger partial charge in [-0.15, -0.1) is 0 Å². The van der Waals surface area contributed by atoms with E-state index in [1.54, 1.807) is 43.0 Å². The average molecular weight is 462 g/mol. The number of carbonyl (C=O) groups excluding carboxylic acids is 2. The molecule has 1 aliphatic heterocycles. The summed E-state index contributed by atoms with van der Waals surface area (Å²) >= 11 is 0. The fourth-order valence-corrected chi connectivity index (χ4v) is 5.88. The van der Waals surface area contributed by atoms with E-state index < -0.39 is 10.0 Å². The van der Waals surface area contributed by atoms with E-state index in [0.29, 0.717) is 48.6 Å². The molecule has 2 amide bonds. The smallest absolute Gasteiger partial charge is 0.253 e. The number of aromatic nitrogens is 2. The van der Waals surface area contributed by atoms with Crippen molar-refractivity contribution in [3.8, 4) is 0 Å². The van der Waals surface area contributed by atoms with Crippen LogP contribution in [-0.4, -0.2) is 65.8 Å². The van der Waals surface area contributed by atoms with E-state index in [4.69, 9.17) is 0 Å². The van der Waals surface area contributed by atoms with Gasteiger partial charge in [0.15, 0.2) is 0 Å². The van der Waals surface area contributed by atoms with Crippen molar-refractivity contribution in [1.82, 2.24) is 19.4 Å². The Morgan fingerprint density at radius 3 is 2.41 bits per heavy atom. The monoisotopic (exact) mass is 461 g/mol. The minimum Gasteiger partial charge on any atom is -0.339 e. The largest absolute Gasteiger partial charge is 0.339 e. The van der Waals surface area contributed by atoms with E-state index in [9.17, 15) is 18.0 Å². The normalized spacial score (nSPS) is 15.5. The van der Waals surface area contributed by atoms with Gasteiger partial charge in [0.2, 0.25) is 15.9 Å². The topological polar surface area (TPSA) is 115 Å². The summed E-state index contributed by atoms with van der Waals surface area (Å²) in [6.07, 6.45) is 0.859. The van der Waals surface area contributed by atoms with Crippen LogP contribution in [0.1, 0.15) is 48.4 Å². The Morgan fingerprint density at radius 1 is 1.19 bits per heavy atom. The lowest BCUT2D eigenvalue weighted by Crippen LogP contribution is -2.41. The summed E-state index contributed by atoms with van der Waals surface area (Å²) in [5.41, 5.74) is 2.05.